The molecule has 0 aromatic heterocycles. The van der Waals surface area contributed by atoms with Gasteiger partial charge in [0, 0.05) is 0 Å². The largest absolute Gasteiger partial charge is 0.426 e. The van der Waals surface area contributed by atoms with Crippen molar-refractivity contribution in [1.82, 2.24) is 0 Å². The number of rotatable bonds is 7. The zero-order valence-electron chi connectivity index (χ0n) is 17.2. The van der Waals surface area contributed by atoms with Gasteiger partial charge in [-0.05, 0) is 99.8 Å². The van der Waals surface area contributed by atoms with Gasteiger partial charge in [-0.25, -0.2) is 4.39 Å². The minimum absolute atomic E-state index is 0.000795. The first-order valence-electron chi connectivity index (χ1n) is 11.3. The van der Waals surface area contributed by atoms with Gasteiger partial charge in [0.1, 0.15) is 11.6 Å². The van der Waals surface area contributed by atoms with E-state index in [1.165, 1.54) is 69.2 Å². The molecule has 2 aliphatic carbocycles. The maximum Gasteiger partial charge on any atom is 0.314 e. The second-order valence-corrected chi connectivity index (χ2v) is 8.73. The van der Waals surface area contributed by atoms with E-state index >= 15 is 0 Å². The Balaban J connectivity index is 1.38. The summed E-state index contributed by atoms with van der Waals surface area (Å²) in [6.45, 7) is 2.25. The zero-order chi connectivity index (χ0) is 19.8. The van der Waals surface area contributed by atoms with Gasteiger partial charge in [0.25, 0.3) is 0 Å². The molecule has 0 heterocycles. The van der Waals surface area contributed by atoms with Crippen molar-refractivity contribution >= 4 is 5.97 Å². The Kier molecular flexibility index (Phi) is 8.12. The van der Waals surface area contributed by atoms with Crippen molar-refractivity contribution in [1.29, 1.82) is 0 Å². The molecule has 2 nitrogen and oxygen atoms in total. The quantitative estimate of drug-likeness (QED) is 0.216. The van der Waals surface area contributed by atoms with Gasteiger partial charge in [0.05, 0.1) is 5.92 Å². The SMILES string of the molecule is CCCC/C=C/C1CCC(C2CCC(C(=O)Oc3ccc(F)cc3)CC2)CC1. The Hall–Kier alpha value is -1.64. The molecule has 1 aromatic rings. The maximum atomic E-state index is 13.0. The van der Waals surface area contributed by atoms with Crippen LogP contribution in [0.25, 0.3) is 0 Å². The molecule has 0 bridgehead atoms. The standard InChI is InChI=1S/C25H35FO2/c1-2-3-4-5-6-19-7-9-20(10-8-19)21-11-13-22(14-12-21)25(27)28-24-17-15-23(26)16-18-24/h5-6,15-22H,2-4,7-14H2,1H3/b6-5+. The Morgan fingerprint density at radius 2 is 1.61 bits per heavy atom. The highest BCUT2D eigenvalue weighted by Gasteiger charge is 2.33. The minimum Gasteiger partial charge on any atom is -0.426 e. The summed E-state index contributed by atoms with van der Waals surface area (Å²) in [4.78, 5) is 12.4. The van der Waals surface area contributed by atoms with E-state index in [4.69, 9.17) is 4.74 Å². The highest BCUT2D eigenvalue weighted by atomic mass is 19.1. The molecule has 1 aromatic carbocycles. The predicted octanol–water partition coefficient (Wildman–Crippen LogP) is 7.09. The summed E-state index contributed by atoms with van der Waals surface area (Å²) >= 11 is 0. The van der Waals surface area contributed by atoms with Crippen molar-refractivity contribution in [2.45, 2.75) is 77.6 Å². The third kappa shape index (κ3) is 6.18. The molecule has 2 saturated carbocycles. The predicted molar refractivity (Wildman–Crippen MR) is 112 cm³/mol. The van der Waals surface area contributed by atoms with Crippen molar-refractivity contribution < 1.29 is 13.9 Å². The number of benzene rings is 1. The van der Waals surface area contributed by atoms with Gasteiger partial charge in [-0.3, -0.25) is 4.79 Å². The Morgan fingerprint density at radius 3 is 2.21 bits per heavy atom. The van der Waals surface area contributed by atoms with Gasteiger partial charge in [0.15, 0.2) is 0 Å². The lowest BCUT2D eigenvalue weighted by Crippen LogP contribution is -2.30. The number of hydrogen-bond acceptors (Lipinski definition) is 2. The molecule has 0 saturated heterocycles. The third-order valence-corrected chi connectivity index (χ3v) is 6.75. The van der Waals surface area contributed by atoms with E-state index in [0.29, 0.717) is 5.75 Å². The van der Waals surface area contributed by atoms with Gasteiger partial charge in [-0.1, -0.05) is 31.9 Å². The third-order valence-electron chi connectivity index (χ3n) is 6.75. The Bertz CT molecular complexity index is 620. The van der Waals surface area contributed by atoms with E-state index < -0.39 is 0 Å². The molecular formula is C25H35FO2. The average Bonchev–Trinajstić information content (AvgIpc) is 2.73. The number of esters is 1. The molecule has 3 heteroatoms. The van der Waals surface area contributed by atoms with Crippen LogP contribution in [0, 0.1) is 29.5 Å². The van der Waals surface area contributed by atoms with E-state index in [2.05, 4.69) is 19.1 Å². The van der Waals surface area contributed by atoms with E-state index in [-0.39, 0.29) is 17.7 Å². The molecular weight excluding hydrogens is 351 g/mol. The number of halogens is 1. The minimum atomic E-state index is -0.313. The van der Waals surface area contributed by atoms with Gasteiger partial charge in [-0.15, -0.1) is 0 Å². The van der Waals surface area contributed by atoms with Gasteiger partial charge >= 0.3 is 5.97 Å². The summed E-state index contributed by atoms with van der Waals surface area (Å²) in [5.41, 5.74) is 0. The molecule has 0 unspecified atom stereocenters. The molecule has 154 valence electrons. The highest BCUT2D eigenvalue weighted by Crippen LogP contribution is 2.42. The molecule has 0 amide bonds. The van der Waals surface area contributed by atoms with Crippen LogP contribution in [-0.2, 0) is 4.79 Å². The van der Waals surface area contributed by atoms with E-state index in [9.17, 15) is 9.18 Å². The smallest absolute Gasteiger partial charge is 0.314 e. The summed E-state index contributed by atoms with van der Waals surface area (Å²) in [5.74, 6) is 2.39. The second-order valence-electron chi connectivity index (χ2n) is 8.73. The van der Waals surface area contributed by atoms with Gasteiger partial charge in [0.2, 0.25) is 0 Å². The molecule has 0 atom stereocenters. The summed E-state index contributed by atoms with van der Waals surface area (Å²) in [6, 6.07) is 5.70. The normalized spacial score (nSPS) is 28.4. The summed E-state index contributed by atoms with van der Waals surface area (Å²) in [6.07, 6.45) is 18.2. The fourth-order valence-corrected chi connectivity index (χ4v) is 4.95. The first-order chi connectivity index (χ1) is 13.7. The monoisotopic (exact) mass is 386 g/mol. The number of allylic oxidation sites excluding steroid dienone is 2. The number of hydrogen-bond donors (Lipinski definition) is 0. The van der Waals surface area contributed by atoms with Gasteiger partial charge in [-0.2, -0.15) is 0 Å². The van der Waals surface area contributed by atoms with Crippen LogP contribution in [0.3, 0.4) is 0 Å². The fourth-order valence-electron chi connectivity index (χ4n) is 4.95. The first-order valence-corrected chi connectivity index (χ1v) is 11.3. The number of unbranched alkanes of at least 4 members (excludes halogenated alkanes) is 2. The van der Waals surface area contributed by atoms with Crippen LogP contribution < -0.4 is 4.74 Å². The molecule has 0 aliphatic heterocycles. The highest BCUT2D eigenvalue weighted by molar-refractivity contribution is 5.75. The van der Waals surface area contributed by atoms with Crippen molar-refractivity contribution in [3.63, 3.8) is 0 Å². The van der Waals surface area contributed by atoms with Crippen LogP contribution in [0.5, 0.6) is 5.75 Å². The summed E-state index contributed by atoms with van der Waals surface area (Å²) in [5, 5.41) is 0. The van der Waals surface area contributed by atoms with Crippen LogP contribution >= 0.6 is 0 Å². The van der Waals surface area contributed by atoms with Crippen LogP contribution in [0.4, 0.5) is 4.39 Å². The number of carbonyl (C=O) groups is 1. The average molecular weight is 387 g/mol. The van der Waals surface area contributed by atoms with Crippen LogP contribution in [0.1, 0.15) is 77.6 Å². The lowest BCUT2D eigenvalue weighted by atomic mass is 9.69. The first kappa shape index (κ1) is 21.1. The number of carbonyl (C=O) groups excluding carboxylic acids is 1. The van der Waals surface area contributed by atoms with Crippen LogP contribution in [0.15, 0.2) is 36.4 Å². The molecule has 2 aliphatic rings. The molecule has 28 heavy (non-hydrogen) atoms. The molecule has 0 radical (unpaired) electrons. The van der Waals surface area contributed by atoms with Crippen LogP contribution in [-0.4, -0.2) is 5.97 Å². The lowest BCUT2D eigenvalue weighted by Gasteiger charge is -2.36. The summed E-state index contributed by atoms with van der Waals surface area (Å²) < 4.78 is 18.4. The molecule has 0 N–H and O–H groups in total. The Morgan fingerprint density at radius 1 is 1.00 bits per heavy atom. The van der Waals surface area contributed by atoms with Crippen molar-refractivity contribution in [2.24, 2.45) is 23.7 Å². The van der Waals surface area contributed by atoms with Crippen molar-refractivity contribution in [3.05, 3.63) is 42.2 Å². The Labute approximate surface area is 169 Å². The van der Waals surface area contributed by atoms with Crippen LogP contribution in [0.2, 0.25) is 0 Å². The molecule has 2 fully saturated rings. The van der Waals surface area contributed by atoms with Gasteiger partial charge < -0.3 is 4.74 Å². The van der Waals surface area contributed by atoms with Crippen molar-refractivity contribution in [2.75, 3.05) is 0 Å². The maximum absolute atomic E-state index is 13.0. The van der Waals surface area contributed by atoms with E-state index in [1.807, 2.05) is 0 Å². The summed E-state index contributed by atoms with van der Waals surface area (Å²) in [7, 11) is 0. The number of ether oxygens (including phenoxy) is 1. The second kappa shape index (κ2) is 10.8. The molecule has 0 spiro atoms. The lowest BCUT2D eigenvalue weighted by molar-refractivity contribution is -0.140. The van der Waals surface area contributed by atoms with Crippen molar-refractivity contribution in [3.8, 4) is 5.75 Å². The van der Waals surface area contributed by atoms with E-state index in [1.54, 1.807) is 0 Å². The fraction of sp³-hybridized carbons (Fsp3) is 0.640. The zero-order valence-corrected chi connectivity index (χ0v) is 17.2. The topological polar surface area (TPSA) is 26.3 Å². The van der Waals surface area contributed by atoms with E-state index in [0.717, 1.165) is 43.4 Å². The molecule has 3 rings (SSSR count).